The van der Waals surface area contributed by atoms with E-state index in [1.165, 1.54) is 18.3 Å². The number of hydrogen-bond acceptors (Lipinski definition) is 3. The summed E-state index contributed by atoms with van der Waals surface area (Å²) >= 11 is 5.86. The number of benzene rings is 1. The number of nitrogens with two attached hydrogens (primary N) is 1. The topological polar surface area (TPSA) is 72.9 Å². The smallest absolute Gasteiger partial charge is 0.224 e. The van der Waals surface area contributed by atoms with Crippen molar-refractivity contribution >= 4 is 23.2 Å². The molecule has 0 saturated heterocycles. The third-order valence-corrected chi connectivity index (χ3v) is 3.07. The summed E-state index contributed by atoms with van der Waals surface area (Å²) < 4.78 is 15.1. The van der Waals surface area contributed by atoms with E-state index in [0.717, 1.165) is 0 Å². The molecule has 1 heterocycles. The average molecular weight is 297 g/mol. The molecule has 0 bridgehead atoms. The van der Waals surface area contributed by atoms with E-state index in [9.17, 15) is 9.18 Å². The number of halogens is 2. The summed E-state index contributed by atoms with van der Waals surface area (Å²) in [5, 5.41) is 6.91. The van der Waals surface area contributed by atoms with E-state index in [1.807, 2.05) is 0 Å². The van der Waals surface area contributed by atoms with Gasteiger partial charge in [0, 0.05) is 23.3 Å². The summed E-state index contributed by atoms with van der Waals surface area (Å²) in [7, 11) is 0. The van der Waals surface area contributed by atoms with Crippen molar-refractivity contribution in [3.05, 3.63) is 47.0 Å². The Labute approximate surface area is 120 Å². The molecule has 2 rings (SSSR count). The monoisotopic (exact) mass is 296 g/mol. The highest BCUT2D eigenvalue weighted by atomic mass is 35.5. The van der Waals surface area contributed by atoms with Crippen LogP contribution in [-0.2, 0) is 17.8 Å². The molecule has 20 heavy (non-hydrogen) atoms. The zero-order valence-electron chi connectivity index (χ0n) is 10.6. The van der Waals surface area contributed by atoms with E-state index in [1.54, 1.807) is 16.9 Å². The van der Waals surface area contributed by atoms with Crippen molar-refractivity contribution in [2.24, 2.45) is 0 Å². The molecule has 1 aromatic carbocycles. The second-order valence-electron chi connectivity index (χ2n) is 4.26. The summed E-state index contributed by atoms with van der Waals surface area (Å²) in [5.74, 6) is -0.773. The number of aromatic nitrogens is 2. The second-order valence-corrected chi connectivity index (χ2v) is 4.67. The molecule has 5 nitrogen and oxygen atoms in total. The van der Waals surface area contributed by atoms with Gasteiger partial charge < -0.3 is 11.1 Å². The first-order valence-corrected chi connectivity index (χ1v) is 6.41. The molecule has 3 N–H and O–H groups in total. The maximum Gasteiger partial charge on any atom is 0.224 e. The lowest BCUT2D eigenvalue weighted by molar-refractivity contribution is -0.120. The van der Waals surface area contributed by atoms with Crippen LogP contribution in [0.3, 0.4) is 0 Å². The third-order valence-electron chi connectivity index (χ3n) is 2.72. The highest BCUT2D eigenvalue weighted by molar-refractivity contribution is 6.31. The Hall–Kier alpha value is -2.08. The van der Waals surface area contributed by atoms with Crippen LogP contribution in [0.15, 0.2) is 30.6 Å². The first kappa shape index (κ1) is 14.3. The SMILES string of the molecule is Nc1cnn(CCNC(=O)Cc2c(F)cccc2Cl)c1. The minimum Gasteiger partial charge on any atom is -0.396 e. The molecule has 1 amide bonds. The van der Waals surface area contributed by atoms with Crippen LogP contribution < -0.4 is 11.1 Å². The Balaban J connectivity index is 1.84. The van der Waals surface area contributed by atoms with Crippen LogP contribution in [0.4, 0.5) is 10.1 Å². The number of hydrogen-bond donors (Lipinski definition) is 2. The summed E-state index contributed by atoms with van der Waals surface area (Å²) in [4.78, 5) is 11.7. The van der Waals surface area contributed by atoms with Crippen LogP contribution in [0.25, 0.3) is 0 Å². The van der Waals surface area contributed by atoms with Gasteiger partial charge >= 0.3 is 0 Å². The first-order chi connectivity index (χ1) is 9.56. The van der Waals surface area contributed by atoms with Crippen LogP contribution in [0.2, 0.25) is 5.02 Å². The fraction of sp³-hybridized carbons (Fsp3) is 0.231. The number of nitrogens with zero attached hydrogens (tertiary/aromatic N) is 2. The first-order valence-electron chi connectivity index (χ1n) is 6.04. The molecular weight excluding hydrogens is 283 g/mol. The van der Waals surface area contributed by atoms with Crippen molar-refractivity contribution in [3.63, 3.8) is 0 Å². The minimum absolute atomic E-state index is 0.0905. The van der Waals surface area contributed by atoms with Crippen LogP contribution in [0, 0.1) is 5.82 Å². The van der Waals surface area contributed by atoms with Gasteiger partial charge in [-0.25, -0.2) is 4.39 Å². The van der Waals surface area contributed by atoms with Crippen molar-refractivity contribution in [2.45, 2.75) is 13.0 Å². The third kappa shape index (κ3) is 3.71. The highest BCUT2D eigenvalue weighted by Gasteiger charge is 2.11. The van der Waals surface area contributed by atoms with E-state index in [-0.39, 0.29) is 22.9 Å². The second kappa shape index (κ2) is 6.38. The van der Waals surface area contributed by atoms with E-state index in [4.69, 9.17) is 17.3 Å². The number of carbonyl (C=O) groups excluding carboxylic acids is 1. The van der Waals surface area contributed by atoms with E-state index >= 15 is 0 Å². The molecule has 0 aliphatic heterocycles. The summed E-state index contributed by atoms with van der Waals surface area (Å²) in [6, 6.07) is 4.34. The Morgan fingerprint density at radius 3 is 2.95 bits per heavy atom. The summed E-state index contributed by atoms with van der Waals surface area (Å²) in [5.41, 5.74) is 6.29. The molecular formula is C13H14ClFN4O. The Kier molecular flexibility index (Phi) is 4.57. The predicted octanol–water partition coefficient (Wildman–Crippen LogP) is 1.62. The van der Waals surface area contributed by atoms with Crippen molar-refractivity contribution in [1.29, 1.82) is 0 Å². The molecule has 0 spiro atoms. The molecule has 7 heteroatoms. The summed E-state index contributed by atoms with van der Waals surface area (Å²) in [6.07, 6.45) is 3.10. The van der Waals surface area contributed by atoms with Crippen LogP contribution in [0.5, 0.6) is 0 Å². The average Bonchev–Trinajstić information content (AvgIpc) is 2.80. The van der Waals surface area contributed by atoms with Gasteiger partial charge in [0.2, 0.25) is 5.91 Å². The lowest BCUT2D eigenvalue weighted by Crippen LogP contribution is -2.29. The molecule has 0 unspecified atom stereocenters. The molecule has 0 fully saturated rings. The largest absolute Gasteiger partial charge is 0.396 e. The summed E-state index contributed by atoms with van der Waals surface area (Å²) in [6.45, 7) is 0.875. The van der Waals surface area contributed by atoms with Gasteiger partial charge in [-0.2, -0.15) is 5.10 Å². The van der Waals surface area contributed by atoms with Gasteiger partial charge in [-0.15, -0.1) is 0 Å². The van der Waals surface area contributed by atoms with Gasteiger partial charge in [-0.05, 0) is 12.1 Å². The van der Waals surface area contributed by atoms with Gasteiger partial charge in [0.15, 0.2) is 0 Å². The van der Waals surface area contributed by atoms with Gasteiger partial charge in [-0.3, -0.25) is 9.48 Å². The minimum atomic E-state index is -0.479. The van der Waals surface area contributed by atoms with Gasteiger partial charge in [0.1, 0.15) is 5.82 Å². The van der Waals surface area contributed by atoms with Gasteiger partial charge in [-0.1, -0.05) is 17.7 Å². The molecule has 106 valence electrons. The number of nitrogen functional groups attached to an aromatic ring is 1. The zero-order chi connectivity index (χ0) is 14.5. The lowest BCUT2D eigenvalue weighted by atomic mass is 10.1. The molecule has 0 saturated carbocycles. The van der Waals surface area contributed by atoms with Crippen molar-refractivity contribution < 1.29 is 9.18 Å². The normalized spacial score (nSPS) is 10.5. The van der Waals surface area contributed by atoms with Crippen molar-refractivity contribution in [1.82, 2.24) is 15.1 Å². The van der Waals surface area contributed by atoms with Crippen LogP contribution >= 0.6 is 11.6 Å². The number of amides is 1. The number of carbonyl (C=O) groups is 1. The predicted molar refractivity (Wildman–Crippen MR) is 74.8 cm³/mol. The molecule has 0 atom stereocenters. The van der Waals surface area contributed by atoms with E-state index < -0.39 is 5.82 Å². The number of nitrogens with one attached hydrogen (secondary N) is 1. The van der Waals surface area contributed by atoms with E-state index in [2.05, 4.69) is 10.4 Å². The van der Waals surface area contributed by atoms with Crippen molar-refractivity contribution in [2.75, 3.05) is 12.3 Å². The number of rotatable bonds is 5. The fourth-order valence-corrected chi connectivity index (χ4v) is 1.97. The van der Waals surface area contributed by atoms with Crippen molar-refractivity contribution in [3.8, 4) is 0 Å². The maximum absolute atomic E-state index is 13.5. The van der Waals surface area contributed by atoms with Crippen LogP contribution in [-0.4, -0.2) is 22.2 Å². The van der Waals surface area contributed by atoms with E-state index in [0.29, 0.717) is 18.8 Å². The van der Waals surface area contributed by atoms with Crippen LogP contribution in [0.1, 0.15) is 5.56 Å². The van der Waals surface area contributed by atoms with Gasteiger partial charge in [0.05, 0.1) is 24.8 Å². The molecule has 1 aromatic heterocycles. The quantitative estimate of drug-likeness (QED) is 0.880. The molecule has 0 aliphatic rings. The molecule has 0 radical (unpaired) electrons. The lowest BCUT2D eigenvalue weighted by Gasteiger charge is -2.07. The Morgan fingerprint density at radius 2 is 2.30 bits per heavy atom. The maximum atomic E-state index is 13.5. The number of anilines is 1. The zero-order valence-corrected chi connectivity index (χ0v) is 11.4. The molecule has 2 aromatic rings. The standard InChI is InChI=1S/C13H14ClFN4O/c14-11-2-1-3-12(15)10(11)6-13(20)17-4-5-19-8-9(16)7-18-19/h1-3,7-8H,4-6,16H2,(H,17,20). The highest BCUT2D eigenvalue weighted by Crippen LogP contribution is 2.19. The Morgan fingerprint density at radius 1 is 1.50 bits per heavy atom. The fourth-order valence-electron chi connectivity index (χ4n) is 1.74. The molecule has 0 aliphatic carbocycles. The Bertz CT molecular complexity index is 594. The van der Waals surface area contributed by atoms with Gasteiger partial charge in [0.25, 0.3) is 0 Å².